The summed E-state index contributed by atoms with van der Waals surface area (Å²) < 4.78 is 7.08. The van der Waals surface area contributed by atoms with Crippen LogP contribution < -0.4 is 15.7 Å². The molecule has 0 unspecified atom stereocenters. The number of rotatable bonds is 3. The number of nitrogens with zero attached hydrogens (tertiary/aromatic N) is 1. The lowest BCUT2D eigenvalue weighted by atomic mass is 9.98. The predicted molar refractivity (Wildman–Crippen MR) is 74.7 cm³/mol. The lowest BCUT2D eigenvalue weighted by Crippen LogP contribution is -2.31. The average Bonchev–Trinajstić information content (AvgIpc) is 2.76. The monoisotopic (exact) mass is 261 g/mol. The number of piperidine rings is 1. The molecule has 102 valence electrons. The molecule has 0 bridgehead atoms. The van der Waals surface area contributed by atoms with Crippen molar-refractivity contribution in [2.24, 2.45) is 5.92 Å². The van der Waals surface area contributed by atoms with Crippen LogP contribution in [-0.4, -0.2) is 29.8 Å². The van der Waals surface area contributed by atoms with Crippen LogP contribution in [0.4, 0.5) is 0 Å². The van der Waals surface area contributed by atoms with Crippen LogP contribution in [0.5, 0.6) is 5.75 Å². The fourth-order valence-corrected chi connectivity index (χ4v) is 2.76. The molecule has 1 fully saturated rings. The first-order chi connectivity index (χ1) is 9.28. The molecular weight excluding hydrogens is 242 g/mol. The molecule has 2 aromatic rings. The molecule has 3 rings (SSSR count). The minimum absolute atomic E-state index is 0.0261. The highest BCUT2D eigenvalue weighted by Crippen LogP contribution is 2.21. The van der Waals surface area contributed by atoms with Crippen molar-refractivity contribution in [2.75, 3.05) is 20.2 Å². The topological polar surface area (TPSA) is 59.1 Å². The third-order valence-corrected chi connectivity index (χ3v) is 3.88. The number of methoxy groups -OCH3 is 1. The quantitative estimate of drug-likeness (QED) is 0.876. The Kier molecular flexibility index (Phi) is 3.29. The van der Waals surface area contributed by atoms with Gasteiger partial charge in [0, 0.05) is 12.6 Å². The second-order valence-corrected chi connectivity index (χ2v) is 5.12. The van der Waals surface area contributed by atoms with E-state index in [4.69, 9.17) is 4.74 Å². The number of H-pyrrole nitrogens is 1. The average molecular weight is 261 g/mol. The fraction of sp³-hybridized carbons (Fsp3) is 0.500. The minimum Gasteiger partial charge on any atom is -0.497 e. The number of nitrogens with one attached hydrogen (secondary N) is 2. The highest BCUT2D eigenvalue weighted by Gasteiger charge is 2.16. The van der Waals surface area contributed by atoms with Gasteiger partial charge < -0.3 is 15.0 Å². The third-order valence-electron chi connectivity index (χ3n) is 3.88. The van der Waals surface area contributed by atoms with Crippen LogP contribution in [0.3, 0.4) is 0 Å². The Morgan fingerprint density at radius 2 is 2.16 bits per heavy atom. The Morgan fingerprint density at radius 1 is 1.37 bits per heavy atom. The highest BCUT2D eigenvalue weighted by molar-refractivity contribution is 5.77. The van der Waals surface area contributed by atoms with Crippen LogP contribution >= 0.6 is 0 Å². The van der Waals surface area contributed by atoms with Crippen molar-refractivity contribution >= 4 is 11.0 Å². The molecule has 5 heteroatoms. The van der Waals surface area contributed by atoms with E-state index in [0.717, 1.165) is 49.3 Å². The highest BCUT2D eigenvalue weighted by atomic mass is 16.5. The third kappa shape index (κ3) is 2.38. The molecule has 0 spiro atoms. The zero-order valence-corrected chi connectivity index (χ0v) is 11.1. The second-order valence-electron chi connectivity index (χ2n) is 5.12. The number of fused-ring (bicyclic) bond motifs is 1. The predicted octanol–water partition coefficient (Wildman–Crippen LogP) is 1.34. The van der Waals surface area contributed by atoms with Gasteiger partial charge in [-0.25, -0.2) is 4.79 Å². The Morgan fingerprint density at radius 3 is 2.89 bits per heavy atom. The number of aromatic nitrogens is 2. The summed E-state index contributed by atoms with van der Waals surface area (Å²) in [6.45, 7) is 2.88. The van der Waals surface area contributed by atoms with E-state index in [1.54, 1.807) is 7.11 Å². The van der Waals surface area contributed by atoms with E-state index in [-0.39, 0.29) is 5.69 Å². The largest absolute Gasteiger partial charge is 0.497 e. The van der Waals surface area contributed by atoms with Crippen molar-refractivity contribution in [3.63, 3.8) is 0 Å². The second kappa shape index (κ2) is 5.09. The first-order valence-electron chi connectivity index (χ1n) is 6.75. The van der Waals surface area contributed by atoms with Gasteiger partial charge in [0.1, 0.15) is 5.75 Å². The van der Waals surface area contributed by atoms with E-state index in [1.807, 2.05) is 22.8 Å². The Hall–Kier alpha value is -1.75. The number of hydrogen-bond donors (Lipinski definition) is 2. The van der Waals surface area contributed by atoms with Crippen molar-refractivity contribution < 1.29 is 4.74 Å². The molecule has 1 saturated heterocycles. The Labute approximate surface area is 111 Å². The molecule has 2 N–H and O–H groups in total. The Bertz CT molecular complexity index is 623. The van der Waals surface area contributed by atoms with Gasteiger partial charge >= 0.3 is 5.69 Å². The molecule has 0 aliphatic carbocycles. The maximum absolute atomic E-state index is 12.1. The van der Waals surface area contributed by atoms with E-state index < -0.39 is 0 Å². The molecule has 19 heavy (non-hydrogen) atoms. The van der Waals surface area contributed by atoms with Crippen LogP contribution in [-0.2, 0) is 6.54 Å². The molecule has 0 amide bonds. The van der Waals surface area contributed by atoms with Crippen molar-refractivity contribution in [3.8, 4) is 5.75 Å². The SMILES string of the molecule is COc1ccc2[nH]c(=O)n(CC3CCNCC3)c2c1. The van der Waals surface area contributed by atoms with E-state index in [1.165, 1.54) is 0 Å². The molecule has 1 aromatic heterocycles. The standard InChI is InChI=1S/C14H19N3O2/c1-19-11-2-3-12-13(8-11)17(14(18)16-12)9-10-4-6-15-7-5-10/h2-3,8,10,15H,4-7,9H2,1H3,(H,16,18). The molecule has 1 aliphatic heterocycles. The number of imidazole rings is 1. The van der Waals surface area contributed by atoms with Crippen molar-refractivity contribution in [2.45, 2.75) is 19.4 Å². The summed E-state index contributed by atoms with van der Waals surface area (Å²) in [6.07, 6.45) is 2.26. The molecule has 2 heterocycles. The fourth-order valence-electron chi connectivity index (χ4n) is 2.76. The molecule has 0 saturated carbocycles. The van der Waals surface area contributed by atoms with Gasteiger partial charge in [-0.1, -0.05) is 0 Å². The van der Waals surface area contributed by atoms with E-state index in [0.29, 0.717) is 5.92 Å². The summed E-state index contributed by atoms with van der Waals surface area (Å²) in [6, 6.07) is 5.69. The minimum atomic E-state index is -0.0261. The van der Waals surface area contributed by atoms with Gasteiger partial charge in [-0.15, -0.1) is 0 Å². The summed E-state index contributed by atoms with van der Waals surface area (Å²) in [5.74, 6) is 1.36. The van der Waals surface area contributed by atoms with Gasteiger partial charge in [-0.05, 0) is 44.0 Å². The maximum Gasteiger partial charge on any atom is 0.326 e. The lowest BCUT2D eigenvalue weighted by molar-refractivity contribution is 0.333. The number of ether oxygens (including phenoxy) is 1. The van der Waals surface area contributed by atoms with Gasteiger partial charge in [0.15, 0.2) is 0 Å². The number of aromatic amines is 1. The first-order valence-corrected chi connectivity index (χ1v) is 6.75. The summed E-state index contributed by atoms with van der Waals surface area (Å²) in [7, 11) is 1.64. The Balaban J connectivity index is 1.96. The summed E-state index contributed by atoms with van der Waals surface area (Å²) in [4.78, 5) is 15.0. The van der Waals surface area contributed by atoms with E-state index in [9.17, 15) is 4.79 Å². The molecular formula is C14H19N3O2. The summed E-state index contributed by atoms with van der Waals surface area (Å²) in [5, 5.41) is 3.35. The number of hydrogen-bond acceptors (Lipinski definition) is 3. The zero-order valence-electron chi connectivity index (χ0n) is 11.1. The zero-order chi connectivity index (χ0) is 13.2. The van der Waals surface area contributed by atoms with Gasteiger partial charge in [0.05, 0.1) is 18.1 Å². The lowest BCUT2D eigenvalue weighted by Gasteiger charge is -2.22. The van der Waals surface area contributed by atoms with Gasteiger partial charge in [0.2, 0.25) is 0 Å². The molecule has 1 aliphatic rings. The van der Waals surface area contributed by atoms with Crippen LogP contribution in [0.25, 0.3) is 11.0 Å². The van der Waals surface area contributed by atoms with Crippen molar-refractivity contribution in [3.05, 3.63) is 28.7 Å². The molecule has 5 nitrogen and oxygen atoms in total. The maximum atomic E-state index is 12.1. The smallest absolute Gasteiger partial charge is 0.326 e. The number of benzene rings is 1. The van der Waals surface area contributed by atoms with E-state index in [2.05, 4.69) is 10.3 Å². The van der Waals surface area contributed by atoms with Crippen molar-refractivity contribution in [1.29, 1.82) is 0 Å². The molecule has 0 radical (unpaired) electrons. The first kappa shape index (κ1) is 12.3. The normalized spacial score (nSPS) is 16.9. The van der Waals surface area contributed by atoms with Crippen LogP contribution in [0, 0.1) is 5.92 Å². The van der Waals surface area contributed by atoms with Crippen LogP contribution in [0.15, 0.2) is 23.0 Å². The van der Waals surface area contributed by atoms with Gasteiger partial charge in [-0.3, -0.25) is 4.57 Å². The van der Waals surface area contributed by atoms with Gasteiger partial charge in [-0.2, -0.15) is 0 Å². The molecule has 1 aromatic carbocycles. The van der Waals surface area contributed by atoms with Crippen LogP contribution in [0.1, 0.15) is 12.8 Å². The summed E-state index contributed by atoms with van der Waals surface area (Å²) >= 11 is 0. The van der Waals surface area contributed by atoms with E-state index >= 15 is 0 Å². The summed E-state index contributed by atoms with van der Waals surface area (Å²) in [5.41, 5.74) is 1.78. The van der Waals surface area contributed by atoms with Crippen LogP contribution in [0.2, 0.25) is 0 Å². The van der Waals surface area contributed by atoms with Gasteiger partial charge in [0.25, 0.3) is 0 Å². The molecule has 0 atom stereocenters. The van der Waals surface area contributed by atoms with Crippen molar-refractivity contribution in [1.82, 2.24) is 14.9 Å².